The molecule has 6 nitrogen and oxygen atoms in total. The molecule has 0 saturated heterocycles. The summed E-state index contributed by atoms with van der Waals surface area (Å²) < 4.78 is 0. The summed E-state index contributed by atoms with van der Waals surface area (Å²) in [5.74, 6) is -1.26. The maximum Gasteiger partial charge on any atom is 0.337 e. The van der Waals surface area contributed by atoms with Crippen LogP contribution in [0.2, 0.25) is 0 Å². The fraction of sp³-hybridized carbons (Fsp3) is 0.125. The van der Waals surface area contributed by atoms with Gasteiger partial charge >= 0.3 is 5.97 Å². The molecular weight excluding hydrogens is 186 g/mol. The lowest BCUT2D eigenvalue weighted by Gasteiger charge is -2.03. The Bertz CT molecular complexity index is 401. The van der Waals surface area contributed by atoms with Crippen molar-refractivity contribution in [1.82, 2.24) is 4.98 Å². The summed E-state index contributed by atoms with van der Waals surface area (Å²) in [6, 6.07) is 1.31. The standard InChI is InChI=1S/C8H9N3O3/c1-4-6(7(9)11-14)2-5(3-10-4)8(12)13/h2-3,14H,1H3,(H2,9,11)(H,12,13). The molecule has 0 aliphatic heterocycles. The van der Waals surface area contributed by atoms with Gasteiger partial charge in [0.15, 0.2) is 5.84 Å². The first kappa shape index (κ1) is 9.97. The number of aromatic nitrogens is 1. The van der Waals surface area contributed by atoms with Gasteiger partial charge in [-0.15, -0.1) is 0 Å². The van der Waals surface area contributed by atoms with Gasteiger partial charge in [-0.1, -0.05) is 5.16 Å². The highest BCUT2D eigenvalue weighted by atomic mass is 16.4. The van der Waals surface area contributed by atoms with Crippen LogP contribution in [0.25, 0.3) is 0 Å². The van der Waals surface area contributed by atoms with Gasteiger partial charge < -0.3 is 16.0 Å². The third kappa shape index (κ3) is 1.79. The van der Waals surface area contributed by atoms with Gasteiger partial charge in [-0.05, 0) is 13.0 Å². The number of hydrogen-bond acceptors (Lipinski definition) is 4. The van der Waals surface area contributed by atoms with Gasteiger partial charge in [0.05, 0.1) is 5.56 Å². The minimum Gasteiger partial charge on any atom is -0.478 e. The lowest BCUT2D eigenvalue weighted by atomic mass is 10.1. The van der Waals surface area contributed by atoms with E-state index < -0.39 is 5.97 Å². The van der Waals surface area contributed by atoms with E-state index in [0.717, 1.165) is 0 Å². The van der Waals surface area contributed by atoms with Gasteiger partial charge in [-0.25, -0.2) is 4.79 Å². The Balaban J connectivity index is 3.28. The predicted octanol–water partition coefficient (Wildman–Crippen LogP) is 0.183. The highest BCUT2D eigenvalue weighted by molar-refractivity contribution is 6.00. The first-order chi connectivity index (χ1) is 6.56. The van der Waals surface area contributed by atoms with Crippen LogP contribution in [0.5, 0.6) is 0 Å². The Labute approximate surface area is 79.7 Å². The highest BCUT2D eigenvalue weighted by Crippen LogP contribution is 2.07. The largest absolute Gasteiger partial charge is 0.478 e. The summed E-state index contributed by atoms with van der Waals surface area (Å²) in [7, 11) is 0. The number of carbonyl (C=O) groups is 1. The summed E-state index contributed by atoms with van der Waals surface area (Å²) in [4.78, 5) is 14.4. The Kier molecular flexibility index (Phi) is 2.66. The van der Waals surface area contributed by atoms with Crippen LogP contribution in [-0.4, -0.2) is 27.1 Å². The van der Waals surface area contributed by atoms with E-state index in [4.69, 9.17) is 16.0 Å². The summed E-state index contributed by atoms with van der Waals surface area (Å²) >= 11 is 0. The number of aryl methyl sites for hydroxylation is 1. The van der Waals surface area contributed by atoms with Gasteiger partial charge in [-0.2, -0.15) is 0 Å². The van der Waals surface area contributed by atoms with Gasteiger partial charge in [0.1, 0.15) is 0 Å². The van der Waals surface area contributed by atoms with Crippen molar-refractivity contribution in [3.8, 4) is 0 Å². The molecule has 0 radical (unpaired) electrons. The highest BCUT2D eigenvalue weighted by Gasteiger charge is 2.10. The molecule has 1 aromatic rings. The molecule has 1 heterocycles. The van der Waals surface area contributed by atoms with Crippen LogP contribution in [0, 0.1) is 6.92 Å². The monoisotopic (exact) mass is 195 g/mol. The number of nitrogens with zero attached hydrogens (tertiary/aromatic N) is 2. The molecule has 1 aromatic heterocycles. The summed E-state index contributed by atoms with van der Waals surface area (Å²) in [5, 5.41) is 19.9. The van der Waals surface area contributed by atoms with Crippen LogP contribution in [0.3, 0.4) is 0 Å². The molecule has 74 valence electrons. The van der Waals surface area contributed by atoms with Crippen molar-refractivity contribution in [2.45, 2.75) is 6.92 Å². The van der Waals surface area contributed by atoms with Crippen molar-refractivity contribution in [3.63, 3.8) is 0 Å². The summed E-state index contributed by atoms with van der Waals surface area (Å²) in [6.45, 7) is 1.64. The molecule has 0 aromatic carbocycles. The molecule has 1 rings (SSSR count). The number of pyridine rings is 1. The number of carboxylic acids is 1. The smallest absolute Gasteiger partial charge is 0.337 e. The zero-order valence-electron chi connectivity index (χ0n) is 7.43. The van der Waals surface area contributed by atoms with Crippen molar-refractivity contribution in [3.05, 3.63) is 29.1 Å². The van der Waals surface area contributed by atoms with Crippen molar-refractivity contribution < 1.29 is 15.1 Å². The second-order valence-electron chi connectivity index (χ2n) is 2.65. The van der Waals surface area contributed by atoms with Crippen LogP contribution >= 0.6 is 0 Å². The van der Waals surface area contributed by atoms with Crippen LogP contribution < -0.4 is 5.73 Å². The van der Waals surface area contributed by atoms with E-state index in [-0.39, 0.29) is 11.4 Å². The molecule has 4 N–H and O–H groups in total. The van der Waals surface area contributed by atoms with Gasteiger partial charge in [0.2, 0.25) is 0 Å². The van der Waals surface area contributed by atoms with Crippen LogP contribution in [0.4, 0.5) is 0 Å². The van der Waals surface area contributed by atoms with E-state index in [1.807, 2.05) is 0 Å². The molecule has 0 fully saturated rings. The summed E-state index contributed by atoms with van der Waals surface area (Å²) in [6.07, 6.45) is 1.21. The second kappa shape index (κ2) is 3.73. The van der Waals surface area contributed by atoms with E-state index in [0.29, 0.717) is 11.3 Å². The van der Waals surface area contributed by atoms with Crippen molar-refractivity contribution in [1.29, 1.82) is 0 Å². The molecular formula is C8H9N3O3. The number of carboxylic acid groups (broad SMARTS) is 1. The van der Waals surface area contributed by atoms with Gasteiger partial charge in [0, 0.05) is 17.5 Å². The molecule has 0 saturated carbocycles. The van der Waals surface area contributed by atoms with Gasteiger partial charge in [0.25, 0.3) is 0 Å². The number of hydrogen-bond donors (Lipinski definition) is 3. The molecule has 14 heavy (non-hydrogen) atoms. The second-order valence-corrected chi connectivity index (χ2v) is 2.65. The van der Waals surface area contributed by atoms with Crippen molar-refractivity contribution >= 4 is 11.8 Å². The van der Waals surface area contributed by atoms with Crippen LogP contribution in [0.15, 0.2) is 17.4 Å². The number of oxime groups is 1. The average molecular weight is 195 g/mol. The molecule has 0 aliphatic carbocycles. The fourth-order valence-electron chi connectivity index (χ4n) is 0.963. The quantitative estimate of drug-likeness (QED) is 0.270. The topological polar surface area (TPSA) is 109 Å². The first-order valence-corrected chi connectivity index (χ1v) is 3.74. The third-order valence-electron chi connectivity index (χ3n) is 1.72. The third-order valence-corrected chi connectivity index (χ3v) is 1.72. The molecule has 0 atom stereocenters. The normalized spacial score (nSPS) is 11.4. The van der Waals surface area contributed by atoms with Crippen molar-refractivity contribution in [2.24, 2.45) is 10.9 Å². The lowest BCUT2D eigenvalue weighted by molar-refractivity contribution is 0.0696. The van der Waals surface area contributed by atoms with Crippen LogP contribution in [-0.2, 0) is 0 Å². The van der Waals surface area contributed by atoms with E-state index >= 15 is 0 Å². The Morgan fingerprint density at radius 3 is 2.79 bits per heavy atom. The number of aromatic carboxylic acids is 1. The molecule has 0 bridgehead atoms. The average Bonchev–Trinajstić information content (AvgIpc) is 2.17. The lowest BCUT2D eigenvalue weighted by Crippen LogP contribution is -2.16. The van der Waals surface area contributed by atoms with E-state index in [1.54, 1.807) is 6.92 Å². The zero-order chi connectivity index (χ0) is 10.7. The molecule has 0 spiro atoms. The van der Waals surface area contributed by atoms with E-state index in [2.05, 4.69) is 10.1 Å². The van der Waals surface area contributed by atoms with E-state index in [1.165, 1.54) is 12.3 Å². The van der Waals surface area contributed by atoms with Crippen LogP contribution in [0.1, 0.15) is 21.6 Å². The SMILES string of the molecule is Cc1ncc(C(=O)O)cc1/C(N)=N/O. The summed E-state index contributed by atoms with van der Waals surface area (Å²) in [5.41, 5.74) is 6.15. The number of amidine groups is 1. The maximum absolute atomic E-state index is 10.6. The van der Waals surface area contributed by atoms with E-state index in [9.17, 15) is 4.79 Å². The molecule has 6 heteroatoms. The van der Waals surface area contributed by atoms with Crippen molar-refractivity contribution in [2.75, 3.05) is 0 Å². The minimum absolute atomic E-state index is 0.00259. The van der Waals surface area contributed by atoms with Gasteiger partial charge in [-0.3, -0.25) is 4.98 Å². The minimum atomic E-state index is -1.11. The molecule has 0 aliphatic rings. The maximum atomic E-state index is 10.6. The Morgan fingerprint density at radius 1 is 1.64 bits per heavy atom. The zero-order valence-corrected chi connectivity index (χ0v) is 7.43. The first-order valence-electron chi connectivity index (χ1n) is 3.74. The Hall–Kier alpha value is -2.11. The Morgan fingerprint density at radius 2 is 2.29 bits per heavy atom. The number of rotatable bonds is 2. The number of nitrogens with two attached hydrogens (primary N) is 1. The molecule has 0 amide bonds. The fourth-order valence-corrected chi connectivity index (χ4v) is 0.963. The molecule has 0 unspecified atom stereocenters. The predicted molar refractivity (Wildman–Crippen MR) is 48.4 cm³/mol.